The predicted molar refractivity (Wildman–Crippen MR) is 76.3 cm³/mol. The highest BCUT2D eigenvalue weighted by atomic mass is 16.7. The predicted octanol–water partition coefficient (Wildman–Crippen LogP) is 2.75. The highest BCUT2D eigenvalue weighted by Crippen LogP contribution is 2.17. The molecule has 0 aromatic heterocycles. The van der Waals surface area contributed by atoms with E-state index in [1.54, 1.807) is 20.8 Å². The minimum atomic E-state index is -0.697. The number of rotatable bonds is 5. The number of nitrogens with one attached hydrogen (secondary N) is 1. The molecule has 0 unspecified atom stereocenters. The van der Waals surface area contributed by atoms with Crippen molar-refractivity contribution in [2.75, 3.05) is 6.61 Å². The monoisotopic (exact) mass is 295 g/mol. The lowest BCUT2D eigenvalue weighted by molar-refractivity contribution is -0.151. The van der Waals surface area contributed by atoms with E-state index in [-0.39, 0.29) is 6.61 Å². The molecule has 6 nitrogen and oxygen atoms in total. The fourth-order valence-electron chi connectivity index (χ4n) is 1.54. The van der Waals surface area contributed by atoms with Gasteiger partial charge < -0.3 is 9.47 Å². The number of carbonyl (C=O) groups is 2. The first-order valence-electron chi connectivity index (χ1n) is 6.61. The molecule has 1 amide bonds. The van der Waals surface area contributed by atoms with Gasteiger partial charge in [0.15, 0.2) is 6.10 Å². The van der Waals surface area contributed by atoms with E-state index in [0.29, 0.717) is 0 Å². The first-order valence-corrected chi connectivity index (χ1v) is 6.61. The number of carbonyl (C=O) groups excluding carboxylic acids is 2. The van der Waals surface area contributed by atoms with Crippen LogP contribution in [-0.4, -0.2) is 24.3 Å². The smallest absolute Gasteiger partial charge is 0.431 e. The molecule has 0 saturated heterocycles. The van der Waals surface area contributed by atoms with Gasteiger partial charge >= 0.3 is 12.1 Å². The first kappa shape index (κ1) is 17.0. The maximum Gasteiger partial charge on any atom is 0.431 e. The lowest BCUT2D eigenvalue weighted by Gasteiger charge is -2.21. The molecular formula is C15H21NO5. The molecule has 0 aliphatic rings. The molecule has 6 heteroatoms. The second-order valence-corrected chi connectivity index (χ2v) is 5.42. The molecule has 1 aromatic rings. The SMILES string of the molecule is CC(=O)O[C@@H](CONC(=O)OC(C)(C)C)c1ccccc1. The summed E-state index contributed by atoms with van der Waals surface area (Å²) in [4.78, 5) is 27.6. The van der Waals surface area contributed by atoms with Crippen LogP contribution in [0.25, 0.3) is 0 Å². The molecule has 0 heterocycles. The summed E-state index contributed by atoms with van der Waals surface area (Å²) in [6.07, 6.45) is -1.30. The zero-order valence-corrected chi connectivity index (χ0v) is 12.7. The highest BCUT2D eigenvalue weighted by molar-refractivity contribution is 5.66. The van der Waals surface area contributed by atoms with Gasteiger partial charge in [-0.1, -0.05) is 30.3 Å². The second kappa shape index (κ2) is 7.64. The first-order chi connectivity index (χ1) is 9.78. The lowest BCUT2D eigenvalue weighted by Crippen LogP contribution is -2.33. The summed E-state index contributed by atoms with van der Waals surface area (Å²) in [7, 11) is 0. The summed E-state index contributed by atoms with van der Waals surface area (Å²) in [5, 5.41) is 0. The molecule has 0 saturated carbocycles. The highest BCUT2D eigenvalue weighted by Gasteiger charge is 2.18. The number of ether oxygens (including phenoxy) is 2. The topological polar surface area (TPSA) is 73.9 Å². The van der Waals surface area contributed by atoms with E-state index in [1.807, 2.05) is 30.3 Å². The van der Waals surface area contributed by atoms with Crippen LogP contribution in [0.5, 0.6) is 0 Å². The number of hydroxylamine groups is 1. The normalized spacial score (nSPS) is 12.4. The van der Waals surface area contributed by atoms with Gasteiger partial charge in [-0.15, -0.1) is 0 Å². The van der Waals surface area contributed by atoms with Crippen molar-refractivity contribution in [1.29, 1.82) is 0 Å². The van der Waals surface area contributed by atoms with Crippen molar-refractivity contribution < 1.29 is 23.9 Å². The summed E-state index contributed by atoms with van der Waals surface area (Å²) in [5.74, 6) is -0.426. The molecule has 0 aliphatic heterocycles. The molecule has 0 bridgehead atoms. The number of hydrogen-bond acceptors (Lipinski definition) is 5. The van der Waals surface area contributed by atoms with E-state index in [2.05, 4.69) is 5.48 Å². The lowest BCUT2D eigenvalue weighted by atomic mass is 10.1. The Morgan fingerprint density at radius 3 is 2.33 bits per heavy atom. The molecule has 0 fully saturated rings. The van der Waals surface area contributed by atoms with Gasteiger partial charge in [0.05, 0.1) is 0 Å². The van der Waals surface area contributed by atoms with E-state index in [4.69, 9.17) is 14.3 Å². The number of hydrogen-bond donors (Lipinski definition) is 1. The Kier molecular flexibility index (Phi) is 6.17. The van der Waals surface area contributed by atoms with E-state index in [0.717, 1.165) is 5.56 Å². The third kappa shape index (κ3) is 7.31. The van der Waals surface area contributed by atoms with Crippen molar-refractivity contribution in [3.8, 4) is 0 Å². The van der Waals surface area contributed by atoms with Gasteiger partial charge in [-0.05, 0) is 26.3 Å². The summed E-state index contributed by atoms with van der Waals surface area (Å²) >= 11 is 0. The van der Waals surface area contributed by atoms with Crippen LogP contribution in [0.3, 0.4) is 0 Å². The molecule has 1 rings (SSSR count). The van der Waals surface area contributed by atoms with Gasteiger partial charge in [0.25, 0.3) is 0 Å². The van der Waals surface area contributed by atoms with Gasteiger partial charge in [0, 0.05) is 6.92 Å². The molecule has 1 aromatic carbocycles. The quantitative estimate of drug-likeness (QED) is 0.668. The van der Waals surface area contributed by atoms with Crippen molar-refractivity contribution in [3.05, 3.63) is 35.9 Å². The number of esters is 1. The zero-order valence-electron chi connectivity index (χ0n) is 12.7. The van der Waals surface area contributed by atoms with Crippen LogP contribution in [0.2, 0.25) is 0 Å². The Hall–Kier alpha value is -2.08. The van der Waals surface area contributed by atoms with E-state index < -0.39 is 23.8 Å². The minimum Gasteiger partial charge on any atom is -0.455 e. The van der Waals surface area contributed by atoms with Crippen molar-refractivity contribution >= 4 is 12.1 Å². The third-order valence-corrected chi connectivity index (χ3v) is 2.27. The largest absolute Gasteiger partial charge is 0.455 e. The Morgan fingerprint density at radius 1 is 1.19 bits per heavy atom. The summed E-state index contributed by atoms with van der Waals surface area (Å²) < 4.78 is 10.2. The fraction of sp³-hybridized carbons (Fsp3) is 0.467. The number of benzene rings is 1. The molecule has 0 spiro atoms. The Balaban J connectivity index is 2.51. The van der Waals surface area contributed by atoms with Crippen molar-refractivity contribution in [3.63, 3.8) is 0 Å². The van der Waals surface area contributed by atoms with Crippen LogP contribution in [0.4, 0.5) is 4.79 Å². The molecular weight excluding hydrogens is 274 g/mol. The van der Waals surface area contributed by atoms with Crippen LogP contribution in [0.15, 0.2) is 30.3 Å². The second-order valence-electron chi connectivity index (χ2n) is 5.42. The van der Waals surface area contributed by atoms with Crippen LogP contribution in [-0.2, 0) is 19.1 Å². The van der Waals surface area contributed by atoms with Crippen molar-refractivity contribution in [2.45, 2.75) is 39.4 Å². The fourth-order valence-corrected chi connectivity index (χ4v) is 1.54. The summed E-state index contributed by atoms with van der Waals surface area (Å²) in [5.41, 5.74) is 2.33. The van der Waals surface area contributed by atoms with Gasteiger partial charge in [-0.2, -0.15) is 5.48 Å². The maximum absolute atomic E-state index is 11.4. The van der Waals surface area contributed by atoms with Gasteiger partial charge in [0.2, 0.25) is 0 Å². The van der Waals surface area contributed by atoms with E-state index in [1.165, 1.54) is 6.92 Å². The Morgan fingerprint density at radius 2 is 1.81 bits per heavy atom. The molecule has 1 N–H and O–H groups in total. The Bertz CT molecular complexity index is 467. The van der Waals surface area contributed by atoms with Gasteiger partial charge in [-0.25, -0.2) is 4.79 Å². The molecule has 0 radical (unpaired) electrons. The Labute approximate surface area is 124 Å². The maximum atomic E-state index is 11.4. The van der Waals surface area contributed by atoms with Crippen LogP contribution < -0.4 is 5.48 Å². The molecule has 116 valence electrons. The van der Waals surface area contributed by atoms with E-state index in [9.17, 15) is 9.59 Å². The third-order valence-electron chi connectivity index (χ3n) is 2.27. The average molecular weight is 295 g/mol. The average Bonchev–Trinajstić information content (AvgIpc) is 2.36. The number of amides is 1. The minimum absolute atomic E-state index is 0.0111. The van der Waals surface area contributed by atoms with Crippen molar-refractivity contribution in [1.82, 2.24) is 5.48 Å². The summed E-state index contributed by atoms with van der Waals surface area (Å²) in [6, 6.07) is 9.13. The van der Waals surface area contributed by atoms with Crippen LogP contribution >= 0.6 is 0 Å². The van der Waals surface area contributed by atoms with E-state index >= 15 is 0 Å². The standard InChI is InChI=1S/C15H21NO5/c1-11(17)20-13(12-8-6-5-7-9-12)10-19-16-14(18)21-15(2,3)4/h5-9,13H,10H2,1-4H3,(H,16,18)/t13-/m0/s1. The van der Waals surface area contributed by atoms with Crippen LogP contribution in [0.1, 0.15) is 39.4 Å². The summed E-state index contributed by atoms with van der Waals surface area (Å²) in [6.45, 7) is 6.55. The van der Waals surface area contributed by atoms with Gasteiger partial charge in [-0.3, -0.25) is 9.63 Å². The molecule has 0 aliphatic carbocycles. The van der Waals surface area contributed by atoms with Crippen LogP contribution in [0, 0.1) is 0 Å². The van der Waals surface area contributed by atoms with Crippen molar-refractivity contribution in [2.24, 2.45) is 0 Å². The van der Waals surface area contributed by atoms with Gasteiger partial charge in [0.1, 0.15) is 12.2 Å². The molecule has 1 atom stereocenters. The molecule has 21 heavy (non-hydrogen) atoms. The zero-order chi connectivity index (χ0) is 15.9.